The maximum absolute atomic E-state index is 6.33. The molecule has 1 saturated carbocycles. The molecule has 0 bridgehead atoms. The number of morpholine rings is 1. The first kappa shape index (κ1) is 22.2. The Kier molecular flexibility index (Phi) is 6.19. The molecule has 1 aliphatic carbocycles. The van der Waals surface area contributed by atoms with Gasteiger partial charge in [0.15, 0.2) is 5.01 Å². The summed E-state index contributed by atoms with van der Waals surface area (Å²) in [6.45, 7) is 4.06. The molecule has 10 nitrogen and oxygen atoms in total. The first-order chi connectivity index (χ1) is 17.2. The Morgan fingerprint density at radius 2 is 1.74 bits per heavy atom. The van der Waals surface area contributed by atoms with Gasteiger partial charge >= 0.3 is 0 Å². The summed E-state index contributed by atoms with van der Waals surface area (Å²) in [5, 5.41) is 14.0. The number of aromatic nitrogens is 6. The van der Waals surface area contributed by atoms with E-state index in [1.807, 2.05) is 12.1 Å². The van der Waals surface area contributed by atoms with Gasteiger partial charge in [-0.2, -0.15) is 0 Å². The lowest BCUT2D eigenvalue weighted by Crippen LogP contribution is -2.36. The predicted octanol–water partition coefficient (Wildman–Crippen LogP) is 3.75. The number of nitrogens with zero attached hydrogens (tertiary/aromatic N) is 7. The molecule has 6 rings (SSSR count). The molecule has 11 heteroatoms. The van der Waals surface area contributed by atoms with Crippen molar-refractivity contribution in [2.45, 2.75) is 38.1 Å². The number of ether oxygens (including phenoxy) is 1. The molecule has 1 saturated heterocycles. The summed E-state index contributed by atoms with van der Waals surface area (Å²) in [4.78, 5) is 20.5. The SMILES string of the molecule is Nc1nc2cc(Nc3cnc(CN4CCOCC4)nc3)cnc2cc1-c1nnc(C2CCCC2)s1. The van der Waals surface area contributed by atoms with E-state index in [9.17, 15) is 0 Å². The van der Waals surface area contributed by atoms with Gasteiger partial charge in [-0.1, -0.05) is 24.2 Å². The minimum Gasteiger partial charge on any atom is -0.383 e. The minimum atomic E-state index is 0.432. The lowest BCUT2D eigenvalue weighted by Gasteiger charge is -2.25. The van der Waals surface area contributed by atoms with Crippen LogP contribution in [-0.4, -0.2) is 61.3 Å². The molecule has 0 unspecified atom stereocenters. The summed E-state index contributed by atoms with van der Waals surface area (Å²) >= 11 is 1.62. The van der Waals surface area contributed by atoms with Gasteiger partial charge in [-0.3, -0.25) is 9.88 Å². The summed E-state index contributed by atoms with van der Waals surface area (Å²) in [6.07, 6.45) is 10.3. The molecule has 2 fully saturated rings. The molecule has 0 aromatic carbocycles. The Labute approximate surface area is 207 Å². The zero-order chi connectivity index (χ0) is 23.6. The molecule has 3 N–H and O–H groups in total. The molecule has 2 aliphatic rings. The van der Waals surface area contributed by atoms with Crippen molar-refractivity contribution in [2.24, 2.45) is 0 Å². The number of fused-ring (bicyclic) bond motifs is 1. The summed E-state index contributed by atoms with van der Waals surface area (Å²) < 4.78 is 5.39. The second-order valence-electron chi connectivity index (χ2n) is 9.01. The van der Waals surface area contributed by atoms with Gasteiger partial charge in [-0.15, -0.1) is 10.2 Å². The van der Waals surface area contributed by atoms with E-state index < -0.39 is 0 Å². The van der Waals surface area contributed by atoms with Crippen molar-refractivity contribution in [2.75, 3.05) is 37.4 Å². The van der Waals surface area contributed by atoms with Crippen LogP contribution in [0.1, 0.15) is 42.4 Å². The van der Waals surface area contributed by atoms with Crippen LogP contribution in [0.25, 0.3) is 21.6 Å². The highest BCUT2D eigenvalue weighted by Gasteiger charge is 2.22. The maximum Gasteiger partial charge on any atom is 0.151 e. The fraction of sp³-hybridized carbons (Fsp3) is 0.417. The van der Waals surface area contributed by atoms with Gasteiger partial charge in [0.1, 0.15) is 16.6 Å². The van der Waals surface area contributed by atoms with Gasteiger partial charge in [-0.05, 0) is 25.0 Å². The van der Waals surface area contributed by atoms with E-state index in [4.69, 9.17) is 10.5 Å². The molecular weight excluding hydrogens is 462 g/mol. The van der Waals surface area contributed by atoms with Crippen molar-refractivity contribution in [3.63, 3.8) is 0 Å². The van der Waals surface area contributed by atoms with Crippen molar-refractivity contribution in [1.82, 2.24) is 35.0 Å². The number of nitrogen functional groups attached to an aromatic ring is 1. The number of rotatable bonds is 6. The maximum atomic E-state index is 6.33. The molecule has 35 heavy (non-hydrogen) atoms. The molecule has 4 aromatic rings. The van der Waals surface area contributed by atoms with Crippen molar-refractivity contribution >= 4 is 39.6 Å². The second kappa shape index (κ2) is 9.76. The zero-order valence-corrected chi connectivity index (χ0v) is 20.2. The summed E-state index contributed by atoms with van der Waals surface area (Å²) in [5.74, 6) is 1.75. The molecule has 0 atom stereocenters. The lowest BCUT2D eigenvalue weighted by molar-refractivity contribution is 0.0330. The van der Waals surface area contributed by atoms with E-state index in [1.54, 1.807) is 29.9 Å². The van der Waals surface area contributed by atoms with Gasteiger partial charge in [0.2, 0.25) is 0 Å². The van der Waals surface area contributed by atoms with Gasteiger partial charge < -0.3 is 15.8 Å². The van der Waals surface area contributed by atoms with Crippen LogP contribution in [0.5, 0.6) is 0 Å². The van der Waals surface area contributed by atoms with Crippen LogP contribution in [0.3, 0.4) is 0 Å². The highest BCUT2D eigenvalue weighted by Crippen LogP contribution is 2.38. The van der Waals surface area contributed by atoms with E-state index >= 15 is 0 Å². The van der Waals surface area contributed by atoms with E-state index in [2.05, 4.69) is 40.3 Å². The van der Waals surface area contributed by atoms with Gasteiger partial charge in [0.25, 0.3) is 0 Å². The number of pyridine rings is 2. The highest BCUT2D eigenvalue weighted by atomic mass is 32.1. The second-order valence-corrected chi connectivity index (χ2v) is 10.0. The van der Waals surface area contributed by atoms with Crippen LogP contribution in [0, 0.1) is 0 Å². The largest absolute Gasteiger partial charge is 0.383 e. The number of nitrogens with two attached hydrogens (primary N) is 1. The lowest BCUT2D eigenvalue weighted by atomic mass is 10.1. The fourth-order valence-corrected chi connectivity index (χ4v) is 5.65. The average molecular weight is 490 g/mol. The third-order valence-corrected chi connectivity index (χ3v) is 7.65. The Hall–Kier alpha value is -3.28. The summed E-state index contributed by atoms with van der Waals surface area (Å²) in [6, 6.07) is 3.87. The molecule has 4 aromatic heterocycles. The summed E-state index contributed by atoms with van der Waals surface area (Å²) in [7, 11) is 0. The molecule has 1 aliphatic heterocycles. The summed E-state index contributed by atoms with van der Waals surface area (Å²) in [5.41, 5.74) is 10.2. The normalized spacial score (nSPS) is 17.3. The monoisotopic (exact) mass is 489 g/mol. The first-order valence-electron chi connectivity index (χ1n) is 12.0. The van der Waals surface area contributed by atoms with E-state index in [0.717, 1.165) is 71.1 Å². The number of hydrogen-bond acceptors (Lipinski definition) is 11. The molecule has 180 valence electrons. The standard InChI is InChI=1S/C24H27N9OS/c25-22-18(24-32-31-23(35-24)15-3-1-2-4-15)10-19-20(30-22)9-16(11-26-19)29-17-12-27-21(28-13-17)14-33-5-7-34-8-6-33/h9-13,15,29H,1-8,14H2,(H2,25,30). The van der Waals surface area contributed by atoms with Crippen LogP contribution in [-0.2, 0) is 11.3 Å². The van der Waals surface area contributed by atoms with Crippen LogP contribution in [0.2, 0.25) is 0 Å². The van der Waals surface area contributed by atoms with Crippen LogP contribution < -0.4 is 11.1 Å². The highest BCUT2D eigenvalue weighted by molar-refractivity contribution is 7.14. The van der Waals surface area contributed by atoms with Gasteiger partial charge in [0.05, 0.1) is 66.3 Å². The Morgan fingerprint density at radius 3 is 2.54 bits per heavy atom. The van der Waals surface area contributed by atoms with Crippen molar-refractivity contribution in [1.29, 1.82) is 0 Å². The average Bonchev–Trinajstić information content (AvgIpc) is 3.58. The molecule has 0 radical (unpaired) electrons. The molecular formula is C24H27N9OS. The quantitative estimate of drug-likeness (QED) is 0.413. The first-order valence-corrected chi connectivity index (χ1v) is 12.8. The van der Waals surface area contributed by atoms with E-state index in [1.165, 1.54) is 25.7 Å². The third kappa shape index (κ3) is 4.93. The zero-order valence-electron chi connectivity index (χ0n) is 19.4. The van der Waals surface area contributed by atoms with Crippen molar-refractivity contribution in [3.05, 3.63) is 41.6 Å². The molecule has 0 spiro atoms. The van der Waals surface area contributed by atoms with Crippen LogP contribution in [0.15, 0.2) is 30.7 Å². The Balaban J connectivity index is 1.17. The Morgan fingerprint density at radius 1 is 0.971 bits per heavy atom. The van der Waals surface area contributed by atoms with Crippen molar-refractivity contribution in [3.8, 4) is 10.6 Å². The number of hydrogen-bond donors (Lipinski definition) is 2. The van der Waals surface area contributed by atoms with E-state index in [-0.39, 0.29) is 0 Å². The fourth-order valence-electron chi connectivity index (χ4n) is 4.61. The Bertz CT molecular complexity index is 1310. The third-order valence-electron chi connectivity index (χ3n) is 6.53. The van der Waals surface area contributed by atoms with Gasteiger partial charge in [-0.25, -0.2) is 15.0 Å². The molecule has 5 heterocycles. The van der Waals surface area contributed by atoms with Crippen LogP contribution >= 0.6 is 11.3 Å². The predicted molar refractivity (Wildman–Crippen MR) is 135 cm³/mol. The van der Waals surface area contributed by atoms with Crippen LogP contribution in [0.4, 0.5) is 17.2 Å². The minimum absolute atomic E-state index is 0.432. The number of nitrogens with one attached hydrogen (secondary N) is 1. The van der Waals surface area contributed by atoms with E-state index in [0.29, 0.717) is 17.3 Å². The smallest absolute Gasteiger partial charge is 0.151 e. The van der Waals surface area contributed by atoms with Gasteiger partial charge in [0, 0.05) is 19.0 Å². The van der Waals surface area contributed by atoms with Crippen molar-refractivity contribution < 1.29 is 4.74 Å². The topological polar surface area (TPSA) is 128 Å². The number of anilines is 3. The molecule has 0 amide bonds.